The molecule has 1 aliphatic heterocycles. The smallest absolute Gasteiger partial charge is 0.344 e. The van der Waals surface area contributed by atoms with E-state index in [1.165, 1.54) is 22.5 Å². The molecule has 1 fully saturated rings. The van der Waals surface area contributed by atoms with Crippen molar-refractivity contribution < 1.29 is 27.1 Å². The van der Waals surface area contributed by atoms with E-state index in [4.69, 9.17) is 9.47 Å². The maximum Gasteiger partial charge on any atom is 0.344 e. The van der Waals surface area contributed by atoms with E-state index in [0.29, 0.717) is 31.0 Å². The van der Waals surface area contributed by atoms with E-state index < -0.39 is 28.4 Å². The van der Waals surface area contributed by atoms with E-state index in [0.717, 1.165) is 24.8 Å². The third-order valence-corrected chi connectivity index (χ3v) is 7.51. The predicted octanol–water partition coefficient (Wildman–Crippen LogP) is 3.49. The molecule has 4 rings (SSSR count). The number of carbonyl (C=O) groups is 1. The molecule has 176 valence electrons. The molecule has 0 unspecified atom stereocenters. The molecular weight excluding hydrogens is 449 g/mol. The molecule has 0 spiro atoms. The number of fused-ring (bicyclic) bond motifs is 1. The Morgan fingerprint density at radius 1 is 1.12 bits per heavy atom. The number of aryl methyl sites for hydroxylation is 1. The second-order valence-electron chi connectivity index (χ2n) is 7.77. The molecule has 0 saturated carbocycles. The molecule has 0 radical (unpaired) electrons. The van der Waals surface area contributed by atoms with Crippen molar-refractivity contribution in [3.05, 3.63) is 54.1 Å². The first-order valence-corrected chi connectivity index (χ1v) is 12.4. The fraction of sp³-hybridized carbons (Fsp3) is 0.391. The first-order chi connectivity index (χ1) is 15.9. The largest absolute Gasteiger partial charge is 0.479 e. The van der Waals surface area contributed by atoms with Gasteiger partial charge in [0, 0.05) is 19.6 Å². The van der Waals surface area contributed by atoms with Crippen LogP contribution < -0.4 is 4.74 Å². The normalized spacial score (nSPS) is 15.0. The number of ether oxygens (including phenoxy) is 2. The molecular formula is C23H26FN3O5S. The van der Waals surface area contributed by atoms with Crippen LogP contribution in [0.4, 0.5) is 4.39 Å². The van der Waals surface area contributed by atoms with Gasteiger partial charge in [-0.25, -0.2) is 22.6 Å². The lowest BCUT2D eigenvalue weighted by molar-refractivity contribution is -0.147. The summed E-state index contributed by atoms with van der Waals surface area (Å²) in [4.78, 5) is 16.8. The Hall–Kier alpha value is -2.98. The number of aromatic nitrogens is 2. The van der Waals surface area contributed by atoms with E-state index >= 15 is 0 Å². The van der Waals surface area contributed by atoms with Crippen molar-refractivity contribution in [2.75, 3.05) is 19.7 Å². The van der Waals surface area contributed by atoms with Gasteiger partial charge in [0.05, 0.1) is 15.9 Å². The summed E-state index contributed by atoms with van der Waals surface area (Å²) in [6.07, 6.45) is 2.77. The minimum Gasteiger partial charge on any atom is -0.479 e. The minimum atomic E-state index is -3.58. The molecule has 10 heteroatoms. The van der Waals surface area contributed by atoms with Crippen molar-refractivity contribution in [3.63, 3.8) is 0 Å². The zero-order valence-electron chi connectivity index (χ0n) is 18.4. The highest BCUT2D eigenvalue weighted by Gasteiger charge is 2.26. The molecule has 8 nitrogen and oxygen atoms in total. The number of para-hydroxylation sites is 1. The number of benzene rings is 2. The van der Waals surface area contributed by atoms with Gasteiger partial charge in [-0.05, 0) is 50.1 Å². The Kier molecular flexibility index (Phi) is 6.94. The summed E-state index contributed by atoms with van der Waals surface area (Å²) >= 11 is 0. The first-order valence-electron chi connectivity index (χ1n) is 10.9. The molecule has 3 aromatic rings. The van der Waals surface area contributed by atoms with Crippen LogP contribution in [0.15, 0.2) is 47.4 Å². The molecule has 2 aromatic carbocycles. The van der Waals surface area contributed by atoms with Crippen molar-refractivity contribution in [2.24, 2.45) is 0 Å². The summed E-state index contributed by atoms with van der Waals surface area (Å²) in [7, 11) is -3.58. The van der Waals surface area contributed by atoms with Crippen LogP contribution in [-0.4, -0.2) is 47.9 Å². The van der Waals surface area contributed by atoms with E-state index in [2.05, 4.69) is 4.98 Å². The lowest BCUT2D eigenvalue weighted by atomic mass is 10.2. The van der Waals surface area contributed by atoms with Gasteiger partial charge in [-0.3, -0.25) is 0 Å². The maximum atomic E-state index is 13.6. The highest BCUT2D eigenvalue weighted by atomic mass is 32.2. The number of esters is 1. The van der Waals surface area contributed by atoms with Crippen LogP contribution in [0.5, 0.6) is 5.75 Å². The number of sulfonamides is 1. The Balaban J connectivity index is 1.47. The molecule has 1 aromatic heterocycles. The summed E-state index contributed by atoms with van der Waals surface area (Å²) in [5.41, 5.74) is 1.27. The summed E-state index contributed by atoms with van der Waals surface area (Å²) < 4.78 is 53.4. The predicted molar refractivity (Wildman–Crippen MR) is 120 cm³/mol. The number of hydrogen-bond donors (Lipinski definition) is 0. The third-order valence-electron chi connectivity index (χ3n) is 5.61. The number of hydrogen-bond acceptors (Lipinski definition) is 6. The van der Waals surface area contributed by atoms with Crippen LogP contribution in [0.1, 0.15) is 32.0 Å². The minimum absolute atomic E-state index is 0.0299. The summed E-state index contributed by atoms with van der Waals surface area (Å²) in [6.45, 7) is 2.99. The standard InChI is InChI=1S/C23H26FN3O5S/c1-2-27-20-11-10-17(33(29,30)26-12-6-3-7-13-26)14-19(20)25-22(27)15-32-23(28)16-31-21-9-5-4-8-18(21)24/h4-5,8-11,14H,2-3,6-7,12-13,15-16H2,1H3. The van der Waals surface area contributed by atoms with Crippen LogP contribution in [0.3, 0.4) is 0 Å². The van der Waals surface area contributed by atoms with Gasteiger partial charge in [0.1, 0.15) is 12.4 Å². The number of carbonyl (C=O) groups excluding carboxylic acids is 1. The molecule has 2 heterocycles. The topological polar surface area (TPSA) is 90.7 Å². The van der Waals surface area contributed by atoms with Gasteiger partial charge in [-0.15, -0.1) is 0 Å². The molecule has 0 atom stereocenters. The number of imidazole rings is 1. The maximum absolute atomic E-state index is 13.6. The average molecular weight is 476 g/mol. The fourth-order valence-corrected chi connectivity index (χ4v) is 5.46. The van der Waals surface area contributed by atoms with Crippen molar-refractivity contribution in [2.45, 2.75) is 44.2 Å². The summed E-state index contributed by atoms with van der Waals surface area (Å²) in [5.74, 6) is -0.772. The highest BCUT2D eigenvalue weighted by Crippen LogP contribution is 2.25. The number of halogens is 1. The highest BCUT2D eigenvalue weighted by molar-refractivity contribution is 7.89. The molecule has 0 amide bonds. The second-order valence-corrected chi connectivity index (χ2v) is 9.71. The quantitative estimate of drug-likeness (QED) is 0.463. The molecule has 0 aliphatic carbocycles. The Labute approximate surface area is 192 Å². The Morgan fingerprint density at radius 2 is 1.88 bits per heavy atom. The Morgan fingerprint density at radius 3 is 2.61 bits per heavy atom. The van der Waals surface area contributed by atoms with E-state index in [-0.39, 0.29) is 17.3 Å². The van der Waals surface area contributed by atoms with Crippen LogP contribution >= 0.6 is 0 Å². The number of piperidine rings is 1. The van der Waals surface area contributed by atoms with Gasteiger partial charge in [0.25, 0.3) is 0 Å². The van der Waals surface area contributed by atoms with Crippen LogP contribution in [0.2, 0.25) is 0 Å². The van der Waals surface area contributed by atoms with Crippen molar-refractivity contribution >= 4 is 27.0 Å². The zero-order valence-corrected chi connectivity index (χ0v) is 19.2. The first kappa shape index (κ1) is 23.2. The van der Waals surface area contributed by atoms with Gasteiger partial charge in [0.15, 0.2) is 18.2 Å². The van der Waals surface area contributed by atoms with Crippen LogP contribution in [0, 0.1) is 5.82 Å². The lowest BCUT2D eigenvalue weighted by Crippen LogP contribution is -2.35. The Bertz CT molecular complexity index is 1250. The lowest BCUT2D eigenvalue weighted by Gasteiger charge is -2.25. The molecule has 1 saturated heterocycles. The molecule has 0 bridgehead atoms. The van der Waals surface area contributed by atoms with Crippen molar-refractivity contribution in [3.8, 4) is 5.75 Å². The van der Waals surface area contributed by atoms with Crippen LogP contribution in [-0.2, 0) is 32.7 Å². The molecule has 1 aliphatic rings. The van der Waals surface area contributed by atoms with E-state index in [1.54, 1.807) is 24.3 Å². The van der Waals surface area contributed by atoms with Crippen molar-refractivity contribution in [1.29, 1.82) is 0 Å². The number of rotatable bonds is 8. The van der Waals surface area contributed by atoms with Crippen LogP contribution in [0.25, 0.3) is 11.0 Å². The molecule has 33 heavy (non-hydrogen) atoms. The summed E-state index contributed by atoms with van der Waals surface area (Å²) in [6, 6.07) is 10.7. The van der Waals surface area contributed by atoms with Crippen molar-refractivity contribution in [1.82, 2.24) is 13.9 Å². The second kappa shape index (κ2) is 9.88. The SMILES string of the molecule is CCn1c(COC(=O)COc2ccccc2F)nc2cc(S(=O)(=O)N3CCCCC3)ccc21. The van der Waals surface area contributed by atoms with E-state index in [9.17, 15) is 17.6 Å². The van der Waals surface area contributed by atoms with Gasteiger partial charge >= 0.3 is 5.97 Å². The number of nitrogens with zero attached hydrogens (tertiary/aromatic N) is 3. The van der Waals surface area contributed by atoms with Gasteiger partial charge in [0.2, 0.25) is 10.0 Å². The monoisotopic (exact) mass is 475 g/mol. The van der Waals surface area contributed by atoms with Gasteiger partial charge < -0.3 is 14.0 Å². The molecule has 0 N–H and O–H groups in total. The van der Waals surface area contributed by atoms with Gasteiger partial charge in [-0.2, -0.15) is 4.31 Å². The third kappa shape index (κ3) is 5.01. The van der Waals surface area contributed by atoms with Gasteiger partial charge in [-0.1, -0.05) is 18.6 Å². The summed E-state index contributed by atoms with van der Waals surface area (Å²) in [5, 5.41) is 0. The fourth-order valence-electron chi connectivity index (χ4n) is 3.92. The van der Waals surface area contributed by atoms with E-state index in [1.807, 2.05) is 11.5 Å². The average Bonchev–Trinajstić information content (AvgIpc) is 3.19. The zero-order chi connectivity index (χ0) is 23.4.